The topological polar surface area (TPSA) is 138 Å². The van der Waals surface area contributed by atoms with Gasteiger partial charge in [-0.25, -0.2) is 0 Å². The highest BCUT2D eigenvalue weighted by molar-refractivity contribution is 6.31. The summed E-state index contributed by atoms with van der Waals surface area (Å²) in [6.07, 6.45) is -6.28. The molecule has 9 nitrogen and oxygen atoms in total. The summed E-state index contributed by atoms with van der Waals surface area (Å²) in [7, 11) is 1.51. The lowest BCUT2D eigenvalue weighted by atomic mass is 9.87. The van der Waals surface area contributed by atoms with Gasteiger partial charge in [0.2, 0.25) is 5.79 Å². The van der Waals surface area contributed by atoms with Crippen LogP contribution in [-0.4, -0.2) is 83.0 Å². The van der Waals surface area contributed by atoms with Gasteiger partial charge in [-0.05, 0) is 29.8 Å². The number of hydrogen-bond donors (Lipinski definition) is 5. The minimum atomic E-state index is -2.40. The van der Waals surface area contributed by atoms with Gasteiger partial charge in [0, 0.05) is 29.7 Å². The predicted molar refractivity (Wildman–Crippen MR) is 120 cm³/mol. The van der Waals surface area contributed by atoms with Gasteiger partial charge in [0.1, 0.15) is 42.4 Å². The Labute approximate surface area is 202 Å². The van der Waals surface area contributed by atoms with Crippen LogP contribution in [0.15, 0.2) is 42.5 Å². The molecule has 2 aliphatic rings. The summed E-state index contributed by atoms with van der Waals surface area (Å²) >= 11 is 6.46. The lowest BCUT2D eigenvalue weighted by Crippen LogP contribution is -2.63. The zero-order chi connectivity index (χ0) is 24.5. The van der Waals surface area contributed by atoms with Crippen molar-refractivity contribution in [1.82, 2.24) is 0 Å². The van der Waals surface area contributed by atoms with Crippen molar-refractivity contribution in [3.8, 4) is 5.75 Å². The molecule has 0 radical (unpaired) electrons. The summed E-state index contributed by atoms with van der Waals surface area (Å²) in [5.74, 6) is -1.70. The Morgan fingerprint density at radius 2 is 1.85 bits per heavy atom. The average molecular weight is 497 g/mol. The molecule has 10 heteroatoms. The molecule has 2 aliphatic heterocycles. The van der Waals surface area contributed by atoms with Gasteiger partial charge in [-0.2, -0.15) is 0 Å². The Hall–Kier alpha value is -1.79. The third-order valence-corrected chi connectivity index (χ3v) is 6.61. The molecule has 186 valence electrons. The SMILES string of the molecule is COC(c1ccc(OC2CCOC2)cc1)c1cc(C2(O)OC(CO)C(O)C(O)C2O)ccc1Cl. The standard InChI is InChI=1S/C24H29ClO9/c1-31-22(13-2-5-15(6-3-13)33-16-8-9-32-12-16)17-10-14(4-7-18(17)25)24(30)23(29)21(28)20(27)19(11-26)34-24/h2-7,10,16,19-23,26-30H,8-9,11-12H2,1H3. The van der Waals surface area contributed by atoms with Crippen LogP contribution in [0.2, 0.25) is 5.02 Å². The fourth-order valence-electron chi connectivity index (χ4n) is 4.32. The molecule has 2 saturated heterocycles. The molecule has 2 aromatic rings. The molecule has 0 saturated carbocycles. The Kier molecular flexibility index (Phi) is 7.78. The average Bonchev–Trinajstić information content (AvgIpc) is 3.36. The first-order valence-electron chi connectivity index (χ1n) is 11.0. The van der Waals surface area contributed by atoms with Crippen LogP contribution in [0.1, 0.15) is 29.2 Å². The predicted octanol–water partition coefficient (Wildman–Crippen LogP) is 0.862. The zero-order valence-electron chi connectivity index (χ0n) is 18.6. The van der Waals surface area contributed by atoms with Crippen molar-refractivity contribution >= 4 is 11.6 Å². The van der Waals surface area contributed by atoms with E-state index >= 15 is 0 Å². The summed E-state index contributed by atoms with van der Waals surface area (Å²) in [6, 6.07) is 11.8. The van der Waals surface area contributed by atoms with E-state index in [4.69, 9.17) is 30.5 Å². The maximum absolute atomic E-state index is 11.1. The number of benzene rings is 2. The van der Waals surface area contributed by atoms with Crippen molar-refractivity contribution in [2.24, 2.45) is 0 Å². The number of rotatable bonds is 7. The fourth-order valence-corrected chi connectivity index (χ4v) is 4.54. The van der Waals surface area contributed by atoms with E-state index in [2.05, 4.69) is 0 Å². The molecule has 34 heavy (non-hydrogen) atoms. The number of halogens is 1. The third-order valence-electron chi connectivity index (χ3n) is 6.27. The minimum Gasteiger partial charge on any atom is -0.488 e. The first-order chi connectivity index (χ1) is 16.3. The van der Waals surface area contributed by atoms with E-state index in [0.29, 0.717) is 29.5 Å². The summed E-state index contributed by atoms with van der Waals surface area (Å²) in [5.41, 5.74) is 1.31. The van der Waals surface area contributed by atoms with Crippen molar-refractivity contribution < 1.29 is 44.5 Å². The second-order valence-electron chi connectivity index (χ2n) is 8.49. The van der Waals surface area contributed by atoms with Gasteiger partial charge in [-0.3, -0.25) is 0 Å². The van der Waals surface area contributed by atoms with E-state index in [1.807, 2.05) is 24.3 Å². The molecule has 2 aromatic carbocycles. The Morgan fingerprint density at radius 1 is 1.12 bits per heavy atom. The molecule has 0 aliphatic carbocycles. The molecule has 5 N–H and O–H groups in total. The van der Waals surface area contributed by atoms with E-state index in [-0.39, 0.29) is 11.7 Å². The first kappa shape index (κ1) is 25.3. The van der Waals surface area contributed by atoms with E-state index in [1.165, 1.54) is 25.3 Å². The third kappa shape index (κ3) is 4.81. The maximum atomic E-state index is 11.1. The number of methoxy groups -OCH3 is 1. The monoisotopic (exact) mass is 496 g/mol. The van der Waals surface area contributed by atoms with Crippen molar-refractivity contribution in [2.45, 2.75) is 48.8 Å². The molecule has 7 unspecified atom stereocenters. The number of ether oxygens (including phenoxy) is 4. The van der Waals surface area contributed by atoms with Gasteiger partial charge in [-0.1, -0.05) is 29.8 Å². The summed E-state index contributed by atoms with van der Waals surface area (Å²) < 4.78 is 22.4. The van der Waals surface area contributed by atoms with Gasteiger partial charge < -0.3 is 44.5 Å². The minimum absolute atomic E-state index is 0.0227. The maximum Gasteiger partial charge on any atom is 0.222 e. The molecule has 4 rings (SSSR count). The lowest BCUT2D eigenvalue weighted by Gasteiger charge is -2.45. The highest BCUT2D eigenvalue weighted by atomic mass is 35.5. The largest absolute Gasteiger partial charge is 0.488 e. The van der Waals surface area contributed by atoms with Crippen LogP contribution in [0.5, 0.6) is 5.75 Å². The molecular formula is C24H29ClO9. The van der Waals surface area contributed by atoms with Crippen LogP contribution in [0.25, 0.3) is 0 Å². The molecule has 2 heterocycles. The van der Waals surface area contributed by atoms with E-state index in [1.54, 1.807) is 0 Å². The first-order valence-corrected chi connectivity index (χ1v) is 11.4. The second-order valence-corrected chi connectivity index (χ2v) is 8.89. The molecule has 2 fully saturated rings. The number of hydrogen-bond acceptors (Lipinski definition) is 9. The van der Waals surface area contributed by atoms with E-state index in [9.17, 15) is 25.5 Å². The molecule has 7 atom stereocenters. The van der Waals surface area contributed by atoms with Crippen LogP contribution < -0.4 is 4.74 Å². The highest BCUT2D eigenvalue weighted by Crippen LogP contribution is 2.40. The Morgan fingerprint density at radius 3 is 2.47 bits per heavy atom. The van der Waals surface area contributed by atoms with Gasteiger partial charge in [0.25, 0.3) is 0 Å². The van der Waals surface area contributed by atoms with E-state index < -0.39 is 42.9 Å². The van der Waals surface area contributed by atoms with Crippen molar-refractivity contribution in [2.75, 3.05) is 26.9 Å². The smallest absolute Gasteiger partial charge is 0.222 e. The Bertz CT molecular complexity index is 963. The van der Waals surface area contributed by atoms with Crippen LogP contribution in [0.4, 0.5) is 0 Å². The van der Waals surface area contributed by atoms with Crippen molar-refractivity contribution in [1.29, 1.82) is 0 Å². The number of aliphatic hydroxyl groups is 5. The van der Waals surface area contributed by atoms with Gasteiger partial charge in [-0.15, -0.1) is 0 Å². The van der Waals surface area contributed by atoms with Gasteiger partial charge >= 0.3 is 0 Å². The fraction of sp³-hybridized carbons (Fsp3) is 0.500. The zero-order valence-corrected chi connectivity index (χ0v) is 19.3. The van der Waals surface area contributed by atoms with Gasteiger partial charge in [0.15, 0.2) is 0 Å². The second kappa shape index (κ2) is 10.4. The Balaban J connectivity index is 1.62. The molecule has 0 spiro atoms. The molecular weight excluding hydrogens is 468 g/mol. The molecule has 0 aromatic heterocycles. The van der Waals surface area contributed by atoms with Crippen LogP contribution in [0, 0.1) is 0 Å². The van der Waals surface area contributed by atoms with E-state index in [0.717, 1.165) is 12.0 Å². The summed E-state index contributed by atoms with van der Waals surface area (Å²) in [4.78, 5) is 0. The molecule has 0 amide bonds. The van der Waals surface area contributed by atoms with Crippen LogP contribution in [-0.2, 0) is 20.0 Å². The van der Waals surface area contributed by atoms with Gasteiger partial charge in [0.05, 0.1) is 19.8 Å². The highest BCUT2D eigenvalue weighted by Gasteiger charge is 2.53. The molecule has 0 bridgehead atoms. The van der Waals surface area contributed by atoms with Crippen molar-refractivity contribution in [3.05, 3.63) is 64.2 Å². The van der Waals surface area contributed by atoms with Crippen LogP contribution in [0.3, 0.4) is 0 Å². The normalized spacial score (nSPS) is 32.5. The van der Waals surface area contributed by atoms with Crippen LogP contribution >= 0.6 is 11.6 Å². The summed E-state index contributed by atoms with van der Waals surface area (Å²) in [5, 5.41) is 51.7. The number of aliphatic hydroxyl groups excluding tert-OH is 4. The van der Waals surface area contributed by atoms with Crippen molar-refractivity contribution in [3.63, 3.8) is 0 Å². The lowest BCUT2D eigenvalue weighted by molar-refractivity contribution is -0.357. The quantitative estimate of drug-likeness (QED) is 0.378. The summed E-state index contributed by atoms with van der Waals surface area (Å²) in [6.45, 7) is 0.573.